The molecule has 138 valence electrons. The number of nitrogens with one attached hydrogen (secondary N) is 1. The first kappa shape index (κ1) is 17.6. The van der Waals surface area contributed by atoms with Crippen LogP contribution in [0.4, 0.5) is 0 Å². The first-order valence-corrected chi connectivity index (χ1v) is 9.31. The zero-order valence-corrected chi connectivity index (χ0v) is 15.2. The number of aromatic nitrogens is 1. The highest BCUT2D eigenvalue weighted by atomic mass is 16.5. The minimum Gasteiger partial charge on any atom is -0.379 e. The van der Waals surface area contributed by atoms with Crippen molar-refractivity contribution >= 4 is 16.8 Å². The van der Waals surface area contributed by atoms with E-state index in [4.69, 9.17) is 4.74 Å². The van der Waals surface area contributed by atoms with Crippen molar-refractivity contribution in [1.29, 1.82) is 0 Å². The van der Waals surface area contributed by atoms with E-state index in [-0.39, 0.29) is 11.9 Å². The fraction of sp³-hybridized carbons (Fsp3) is 0.273. The van der Waals surface area contributed by atoms with Gasteiger partial charge in [0, 0.05) is 25.0 Å². The second kappa shape index (κ2) is 8.29. The van der Waals surface area contributed by atoms with Crippen LogP contribution in [0.1, 0.15) is 22.1 Å². The number of rotatable bonds is 5. The van der Waals surface area contributed by atoms with Crippen LogP contribution in [0.15, 0.2) is 66.7 Å². The molecule has 0 spiro atoms. The molecule has 5 heteroatoms. The minimum atomic E-state index is -0.150. The third-order valence-electron chi connectivity index (χ3n) is 4.88. The molecule has 2 aromatic carbocycles. The lowest BCUT2D eigenvalue weighted by Gasteiger charge is -2.31. The zero-order chi connectivity index (χ0) is 18.5. The van der Waals surface area contributed by atoms with E-state index >= 15 is 0 Å². The second-order valence-corrected chi connectivity index (χ2v) is 6.74. The van der Waals surface area contributed by atoms with Crippen molar-refractivity contribution in [3.63, 3.8) is 0 Å². The number of ether oxygens (including phenoxy) is 1. The second-order valence-electron chi connectivity index (χ2n) is 6.74. The summed E-state index contributed by atoms with van der Waals surface area (Å²) < 4.78 is 5.44. The highest BCUT2D eigenvalue weighted by Crippen LogP contribution is 2.17. The maximum atomic E-state index is 12.9. The molecule has 1 aliphatic rings. The van der Waals surface area contributed by atoms with Crippen molar-refractivity contribution < 1.29 is 9.53 Å². The number of hydrogen-bond donors (Lipinski definition) is 1. The van der Waals surface area contributed by atoms with E-state index in [9.17, 15) is 4.79 Å². The largest absolute Gasteiger partial charge is 0.379 e. The lowest BCUT2D eigenvalue weighted by molar-refractivity contribution is 0.0332. The SMILES string of the molecule is O=C(NC(CN1CCOCC1)c1ccccc1)c1ccc2ccccc2n1. The summed E-state index contributed by atoms with van der Waals surface area (Å²) in [6, 6.07) is 21.6. The molecule has 1 aromatic heterocycles. The molecule has 4 rings (SSSR count). The van der Waals surface area contributed by atoms with Crippen molar-refractivity contribution in [3.8, 4) is 0 Å². The lowest BCUT2D eigenvalue weighted by Crippen LogP contribution is -2.43. The van der Waals surface area contributed by atoms with Gasteiger partial charge in [0.25, 0.3) is 5.91 Å². The van der Waals surface area contributed by atoms with Crippen LogP contribution in [-0.2, 0) is 4.74 Å². The number of hydrogen-bond acceptors (Lipinski definition) is 4. The highest BCUT2D eigenvalue weighted by Gasteiger charge is 2.21. The van der Waals surface area contributed by atoms with E-state index in [2.05, 4.69) is 27.3 Å². The average Bonchev–Trinajstić information content (AvgIpc) is 2.74. The van der Waals surface area contributed by atoms with E-state index in [1.54, 1.807) is 6.07 Å². The van der Waals surface area contributed by atoms with Crippen LogP contribution in [0.25, 0.3) is 10.9 Å². The van der Waals surface area contributed by atoms with Crippen LogP contribution in [-0.4, -0.2) is 48.6 Å². The molecular weight excluding hydrogens is 338 g/mol. The van der Waals surface area contributed by atoms with E-state index in [0.29, 0.717) is 5.69 Å². The standard InChI is InChI=1S/C22H23N3O2/c26-22(20-11-10-18-8-4-5-9-19(18)23-20)24-21(17-6-2-1-3-7-17)16-25-12-14-27-15-13-25/h1-11,21H,12-16H2,(H,24,26). The number of morpholine rings is 1. The minimum absolute atomic E-state index is 0.0925. The predicted molar refractivity (Wildman–Crippen MR) is 106 cm³/mol. The molecule has 1 atom stereocenters. The van der Waals surface area contributed by atoms with Gasteiger partial charge in [-0.1, -0.05) is 54.6 Å². The predicted octanol–water partition coefficient (Wildman–Crippen LogP) is 3.04. The Balaban J connectivity index is 1.54. The Morgan fingerprint density at radius 3 is 2.56 bits per heavy atom. The van der Waals surface area contributed by atoms with Crippen LogP contribution < -0.4 is 5.32 Å². The van der Waals surface area contributed by atoms with Gasteiger partial charge in [-0.3, -0.25) is 9.69 Å². The van der Waals surface area contributed by atoms with E-state index < -0.39 is 0 Å². The van der Waals surface area contributed by atoms with E-state index in [0.717, 1.165) is 49.3 Å². The molecule has 1 fully saturated rings. The Labute approximate surface area is 159 Å². The fourth-order valence-electron chi connectivity index (χ4n) is 3.39. The number of amides is 1. The van der Waals surface area contributed by atoms with E-state index in [1.807, 2.05) is 48.5 Å². The topological polar surface area (TPSA) is 54.5 Å². The Morgan fingerprint density at radius 1 is 1.00 bits per heavy atom. The molecule has 0 saturated carbocycles. The monoisotopic (exact) mass is 361 g/mol. The van der Waals surface area contributed by atoms with Gasteiger partial charge in [-0.25, -0.2) is 4.98 Å². The third-order valence-corrected chi connectivity index (χ3v) is 4.88. The fourth-order valence-corrected chi connectivity index (χ4v) is 3.39. The van der Waals surface area contributed by atoms with Crippen LogP contribution in [0, 0.1) is 0 Å². The Hall–Kier alpha value is -2.76. The molecule has 1 amide bonds. The third kappa shape index (κ3) is 4.32. The molecule has 0 radical (unpaired) electrons. The summed E-state index contributed by atoms with van der Waals surface area (Å²) in [6.45, 7) is 4.00. The summed E-state index contributed by atoms with van der Waals surface area (Å²) in [5.74, 6) is -0.150. The molecule has 27 heavy (non-hydrogen) atoms. The number of carbonyl (C=O) groups excluding carboxylic acids is 1. The molecule has 0 aliphatic carbocycles. The van der Waals surface area contributed by atoms with Gasteiger partial charge in [0.05, 0.1) is 24.8 Å². The van der Waals surface area contributed by atoms with Crippen LogP contribution in [0.2, 0.25) is 0 Å². The molecule has 1 saturated heterocycles. The number of nitrogens with zero attached hydrogens (tertiary/aromatic N) is 2. The van der Waals surface area contributed by atoms with Gasteiger partial charge in [0.15, 0.2) is 0 Å². The number of fused-ring (bicyclic) bond motifs is 1. The first-order chi connectivity index (χ1) is 13.3. The molecule has 1 N–H and O–H groups in total. The Morgan fingerprint density at radius 2 is 1.74 bits per heavy atom. The highest BCUT2D eigenvalue weighted by molar-refractivity contribution is 5.95. The zero-order valence-electron chi connectivity index (χ0n) is 15.2. The van der Waals surface area contributed by atoms with Gasteiger partial charge < -0.3 is 10.1 Å². The molecular formula is C22H23N3O2. The van der Waals surface area contributed by atoms with Crippen molar-refractivity contribution in [2.75, 3.05) is 32.8 Å². The van der Waals surface area contributed by atoms with Gasteiger partial charge in [0.2, 0.25) is 0 Å². The normalized spacial score (nSPS) is 16.1. The van der Waals surface area contributed by atoms with E-state index in [1.165, 1.54) is 0 Å². The number of pyridine rings is 1. The summed E-state index contributed by atoms with van der Waals surface area (Å²) in [5.41, 5.74) is 2.37. The van der Waals surface area contributed by atoms with Crippen molar-refractivity contribution in [2.24, 2.45) is 0 Å². The Kier molecular flexibility index (Phi) is 5.42. The first-order valence-electron chi connectivity index (χ1n) is 9.31. The van der Waals surface area contributed by atoms with Crippen molar-refractivity contribution in [3.05, 3.63) is 78.0 Å². The van der Waals surface area contributed by atoms with Crippen LogP contribution in [0.5, 0.6) is 0 Å². The number of benzene rings is 2. The van der Waals surface area contributed by atoms with Gasteiger partial charge in [-0.2, -0.15) is 0 Å². The Bertz CT molecular complexity index is 908. The molecule has 0 bridgehead atoms. The molecule has 1 unspecified atom stereocenters. The quantitative estimate of drug-likeness (QED) is 0.759. The molecule has 2 heterocycles. The van der Waals surface area contributed by atoms with Gasteiger partial charge in [0.1, 0.15) is 5.69 Å². The molecule has 3 aromatic rings. The summed E-state index contributed by atoms with van der Waals surface area (Å²) in [7, 11) is 0. The maximum absolute atomic E-state index is 12.9. The summed E-state index contributed by atoms with van der Waals surface area (Å²) in [5, 5.41) is 4.21. The van der Waals surface area contributed by atoms with Crippen molar-refractivity contribution in [1.82, 2.24) is 15.2 Å². The summed E-state index contributed by atoms with van der Waals surface area (Å²) in [6.07, 6.45) is 0. The smallest absolute Gasteiger partial charge is 0.270 e. The average molecular weight is 361 g/mol. The summed E-state index contributed by atoms with van der Waals surface area (Å²) >= 11 is 0. The maximum Gasteiger partial charge on any atom is 0.270 e. The van der Waals surface area contributed by atoms with Crippen LogP contribution >= 0.6 is 0 Å². The molecule has 5 nitrogen and oxygen atoms in total. The van der Waals surface area contributed by atoms with Gasteiger partial charge in [-0.05, 0) is 17.7 Å². The number of para-hydroxylation sites is 1. The molecule has 1 aliphatic heterocycles. The van der Waals surface area contributed by atoms with Crippen LogP contribution in [0.3, 0.4) is 0 Å². The number of carbonyl (C=O) groups is 1. The van der Waals surface area contributed by atoms with Crippen molar-refractivity contribution in [2.45, 2.75) is 6.04 Å². The summed E-state index contributed by atoms with van der Waals surface area (Å²) in [4.78, 5) is 19.7. The lowest BCUT2D eigenvalue weighted by atomic mass is 10.1. The van der Waals surface area contributed by atoms with Gasteiger partial charge in [-0.15, -0.1) is 0 Å². The van der Waals surface area contributed by atoms with Gasteiger partial charge >= 0.3 is 0 Å².